The molecule has 10 heteroatoms. The molecule has 2 amide bonds. The fourth-order valence-electron chi connectivity index (χ4n) is 2.76. The molecule has 0 saturated carbocycles. The molecule has 3 aromatic carbocycles. The summed E-state index contributed by atoms with van der Waals surface area (Å²) < 4.78 is 16.6. The summed E-state index contributed by atoms with van der Waals surface area (Å²) >= 11 is 3.34. The Morgan fingerprint density at radius 2 is 1.56 bits per heavy atom. The first-order valence-electron chi connectivity index (χ1n) is 9.84. The van der Waals surface area contributed by atoms with E-state index in [1.54, 1.807) is 60.7 Å². The van der Waals surface area contributed by atoms with Crippen LogP contribution in [0.25, 0.3) is 0 Å². The molecule has 0 aromatic heterocycles. The number of ether oxygens (including phenoxy) is 3. The van der Waals surface area contributed by atoms with Gasteiger partial charge in [0.2, 0.25) is 0 Å². The highest BCUT2D eigenvalue weighted by molar-refractivity contribution is 9.10. The van der Waals surface area contributed by atoms with Crippen LogP contribution in [-0.2, 0) is 9.59 Å². The van der Waals surface area contributed by atoms with E-state index in [0.29, 0.717) is 27.2 Å². The lowest BCUT2D eigenvalue weighted by molar-refractivity contribution is -0.136. The van der Waals surface area contributed by atoms with Crippen LogP contribution in [0.1, 0.15) is 15.9 Å². The zero-order valence-corrected chi connectivity index (χ0v) is 19.8. The molecule has 3 rings (SSSR count). The molecule has 0 aliphatic heterocycles. The van der Waals surface area contributed by atoms with Gasteiger partial charge in [0, 0.05) is 15.7 Å². The van der Waals surface area contributed by atoms with Crippen molar-refractivity contribution in [2.45, 2.75) is 0 Å². The number of benzene rings is 3. The van der Waals surface area contributed by atoms with Gasteiger partial charge in [0.1, 0.15) is 5.75 Å². The SMILES string of the molecule is COc1ccc(C(=O)Oc2ccc(Br)cc2/C=N\NC(=O)C(=O)Nc2ccccc2)cc1OC. The number of nitrogens with one attached hydrogen (secondary N) is 2. The molecule has 0 unspecified atom stereocenters. The van der Waals surface area contributed by atoms with E-state index in [1.807, 2.05) is 0 Å². The van der Waals surface area contributed by atoms with Crippen molar-refractivity contribution in [3.63, 3.8) is 0 Å². The number of methoxy groups -OCH3 is 2. The van der Waals surface area contributed by atoms with Crippen molar-refractivity contribution in [2.24, 2.45) is 5.10 Å². The number of esters is 1. The van der Waals surface area contributed by atoms with Crippen LogP contribution in [0, 0.1) is 0 Å². The topological polar surface area (TPSA) is 115 Å². The molecule has 0 radical (unpaired) electrons. The maximum Gasteiger partial charge on any atom is 0.343 e. The third-order valence-electron chi connectivity index (χ3n) is 4.40. The summed E-state index contributed by atoms with van der Waals surface area (Å²) in [6, 6.07) is 18.0. The predicted molar refractivity (Wildman–Crippen MR) is 129 cm³/mol. The molecule has 2 N–H and O–H groups in total. The number of hydrogen-bond acceptors (Lipinski definition) is 7. The van der Waals surface area contributed by atoms with Gasteiger partial charge in [-0.1, -0.05) is 34.1 Å². The highest BCUT2D eigenvalue weighted by atomic mass is 79.9. The molecule has 9 nitrogen and oxygen atoms in total. The van der Waals surface area contributed by atoms with Gasteiger partial charge in [-0.15, -0.1) is 0 Å². The van der Waals surface area contributed by atoms with Crippen LogP contribution in [0.3, 0.4) is 0 Å². The molecule has 3 aromatic rings. The minimum Gasteiger partial charge on any atom is -0.493 e. The molecular formula is C24H20BrN3O6. The molecule has 0 fully saturated rings. The van der Waals surface area contributed by atoms with E-state index >= 15 is 0 Å². The van der Waals surface area contributed by atoms with Gasteiger partial charge in [0.05, 0.1) is 26.0 Å². The fourth-order valence-corrected chi connectivity index (χ4v) is 3.13. The molecule has 0 atom stereocenters. The Hall–Kier alpha value is -4.18. The highest BCUT2D eigenvalue weighted by Gasteiger charge is 2.16. The molecule has 0 aliphatic rings. The predicted octanol–water partition coefficient (Wildman–Crippen LogP) is 3.77. The van der Waals surface area contributed by atoms with Crippen LogP contribution >= 0.6 is 15.9 Å². The Morgan fingerprint density at radius 1 is 0.853 bits per heavy atom. The van der Waals surface area contributed by atoms with Crippen LogP contribution in [-0.4, -0.2) is 38.2 Å². The lowest BCUT2D eigenvalue weighted by atomic mass is 10.2. The molecular weight excluding hydrogens is 506 g/mol. The van der Waals surface area contributed by atoms with Gasteiger partial charge in [-0.3, -0.25) is 9.59 Å². The van der Waals surface area contributed by atoms with Gasteiger partial charge < -0.3 is 19.5 Å². The Labute approximate surface area is 203 Å². The second-order valence-corrected chi connectivity index (χ2v) is 7.58. The number of carbonyl (C=O) groups is 3. The first-order valence-corrected chi connectivity index (χ1v) is 10.6. The van der Waals surface area contributed by atoms with Crippen molar-refractivity contribution >= 4 is 45.6 Å². The lowest BCUT2D eigenvalue weighted by Crippen LogP contribution is -2.32. The lowest BCUT2D eigenvalue weighted by Gasteiger charge is -2.11. The van der Waals surface area contributed by atoms with Crippen LogP contribution < -0.4 is 25.0 Å². The van der Waals surface area contributed by atoms with Crippen molar-refractivity contribution in [1.82, 2.24) is 5.43 Å². The van der Waals surface area contributed by atoms with Crippen molar-refractivity contribution in [3.8, 4) is 17.2 Å². The van der Waals surface area contributed by atoms with E-state index in [9.17, 15) is 14.4 Å². The van der Waals surface area contributed by atoms with Crippen molar-refractivity contribution in [1.29, 1.82) is 0 Å². The van der Waals surface area contributed by atoms with E-state index in [4.69, 9.17) is 14.2 Å². The number of anilines is 1. The summed E-state index contributed by atoms with van der Waals surface area (Å²) in [5, 5.41) is 6.25. The summed E-state index contributed by atoms with van der Waals surface area (Å²) in [4.78, 5) is 36.7. The average Bonchev–Trinajstić information content (AvgIpc) is 2.85. The van der Waals surface area contributed by atoms with Gasteiger partial charge in [-0.25, -0.2) is 10.2 Å². The Balaban J connectivity index is 1.70. The van der Waals surface area contributed by atoms with Crippen LogP contribution in [0.5, 0.6) is 17.2 Å². The second-order valence-electron chi connectivity index (χ2n) is 6.66. The number of carbonyl (C=O) groups excluding carboxylic acids is 3. The van der Waals surface area contributed by atoms with E-state index in [0.717, 1.165) is 0 Å². The molecule has 34 heavy (non-hydrogen) atoms. The average molecular weight is 526 g/mol. The molecule has 0 saturated heterocycles. The molecule has 174 valence electrons. The van der Waals surface area contributed by atoms with Gasteiger partial charge >= 0.3 is 17.8 Å². The Kier molecular flexibility index (Phi) is 8.36. The monoisotopic (exact) mass is 525 g/mol. The van der Waals surface area contributed by atoms with E-state index in [1.165, 1.54) is 26.5 Å². The summed E-state index contributed by atoms with van der Waals surface area (Å²) in [7, 11) is 2.96. The first-order chi connectivity index (χ1) is 16.4. The van der Waals surface area contributed by atoms with Crippen LogP contribution in [0.4, 0.5) is 5.69 Å². The Morgan fingerprint density at radius 3 is 2.26 bits per heavy atom. The van der Waals surface area contributed by atoms with E-state index in [2.05, 4.69) is 31.8 Å². The second kappa shape index (κ2) is 11.6. The first kappa shape index (κ1) is 24.5. The van der Waals surface area contributed by atoms with Crippen LogP contribution in [0.15, 0.2) is 76.3 Å². The van der Waals surface area contributed by atoms with Crippen LogP contribution in [0.2, 0.25) is 0 Å². The van der Waals surface area contributed by atoms with Gasteiger partial charge in [-0.05, 0) is 48.5 Å². The number of para-hydroxylation sites is 1. The van der Waals surface area contributed by atoms with Gasteiger partial charge in [0.15, 0.2) is 11.5 Å². The van der Waals surface area contributed by atoms with Crippen molar-refractivity contribution < 1.29 is 28.6 Å². The maximum absolute atomic E-state index is 12.7. The van der Waals surface area contributed by atoms with E-state index < -0.39 is 17.8 Å². The maximum atomic E-state index is 12.7. The molecule has 0 heterocycles. The molecule has 0 spiro atoms. The standard InChI is InChI=1S/C24H20BrN3O6/c1-32-20-10-8-15(13-21(20)33-2)24(31)34-19-11-9-17(25)12-16(19)14-26-28-23(30)22(29)27-18-6-4-3-5-7-18/h3-14H,1-2H3,(H,27,29)(H,28,30)/b26-14-. The zero-order valence-electron chi connectivity index (χ0n) is 18.2. The van der Waals surface area contributed by atoms with E-state index in [-0.39, 0.29) is 11.3 Å². The third kappa shape index (κ3) is 6.42. The minimum atomic E-state index is -0.959. The summed E-state index contributed by atoms with van der Waals surface area (Å²) in [6.45, 7) is 0. The summed E-state index contributed by atoms with van der Waals surface area (Å²) in [5.41, 5.74) is 3.24. The van der Waals surface area contributed by atoms with Gasteiger partial charge in [0.25, 0.3) is 0 Å². The largest absolute Gasteiger partial charge is 0.493 e. The molecule has 0 bridgehead atoms. The number of hydrogen-bond donors (Lipinski definition) is 2. The van der Waals surface area contributed by atoms with Gasteiger partial charge in [-0.2, -0.15) is 5.10 Å². The number of hydrazone groups is 1. The summed E-state index contributed by atoms with van der Waals surface area (Å²) in [5.74, 6) is -1.43. The number of rotatable bonds is 7. The quantitative estimate of drug-likeness (QED) is 0.159. The third-order valence-corrected chi connectivity index (χ3v) is 4.89. The number of halogens is 1. The molecule has 0 aliphatic carbocycles. The Bertz CT molecular complexity index is 1230. The number of amides is 2. The number of nitrogens with zero attached hydrogens (tertiary/aromatic N) is 1. The smallest absolute Gasteiger partial charge is 0.343 e. The zero-order chi connectivity index (χ0) is 24.5. The fraction of sp³-hybridized carbons (Fsp3) is 0.0833. The normalized spacial score (nSPS) is 10.4. The van der Waals surface area contributed by atoms with Crippen molar-refractivity contribution in [2.75, 3.05) is 19.5 Å². The highest BCUT2D eigenvalue weighted by Crippen LogP contribution is 2.29. The summed E-state index contributed by atoms with van der Waals surface area (Å²) in [6.07, 6.45) is 1.26. The van der Waals surface area contributed by atoms with Crippen molar-refractivity contribution in [3.05, 3.63) is 82.3 Å². The minimum absolute atomic E-state index is 0.190.